The highest BCUT2D eigenvalue weighted by molar-refractivity contribution is 9.09. The van der Waals surface area contributed by atoms with Gasteiger partial charge < -0.3 is 4.90 Å². The highest BCUT2D eigenvalue weighted by Gasteiger charge is 2.08. The molecule has 22 heavy (non-hydrogen) atoms. The quantitative estimate of drug-likeness (QED) is 0.179. The Balaban J connectivity index is 5.11. The average Bonchev–Trinajstić information content (AvgIpc) is 2.42. The Morgan fingerprint density at radius 1 is 1.14 bits per heavy atom. The Morgan fingerprint density at radius 3 is 2.27 bits per heavy atom. The summed E-state index contributed by atoms with van der Waals surface area (Å²) in [5.41, 5.74) is 2.36. The lowest BCUT2D eigenvalue weighted by Gasteiger charge is -2.29. The van der Waals surface area contributed by atoms with Gasteiger partial charge in [-0.25, -0.2) is 10.0 Å². The van der Waals surface area contributed by atoms with Crippen LogP contribution in [0.1, 0.15) is 27.2 Å². The van der Waals surface area contributed by atoms with Crippen molar-refractivity contribution < 1.29 is 0 Å². The highest BCUT2D eigenvalue weighted by Crippen LogP contribution is 2.04. The molecule has 0 aromatic heterocycles. The standard InChI is InChI=1S/C17H29BrN4/c1-15(2)13-17(22(7)21(6)12-10-18)19-14-16(3)9-8-11-20(4)5/h13-14H,9-10,12H2,1-7H3/b16-14+,19-17+. The molecule has 0 unspecified atom stereocenters. The lowest BCUT2D eigenvalue weighted by atomic mass is 10.2. The predicted molar refractivity (Wildman–Crippen MR) is 101 cm³/mol. The van der Waals surface area contributed by atoms with Crippen LogP contribution in [0.5, 0.6) is 0 Å². The molecule has 124 valence electrons. The Hall–Kier alpha value is -1.25. The van der Waals surface area contributed by atoms with E-state index in [1.807, 2.05) is 32.2 Å². The van der Waals surface area contributed by atoms with Gasteiger partial charge in [-0.05, 0) is 32.4 Å². The Bertz CT molecular complexity index is 477. The van der Waals surface area contributed by atoms with Gasteiger partial charge in [0.05, 0.1) is 0 Å². The van der Waals surface area contributed by atoms with Gasteiger partial charge in [0.25, 0.3) is 0 Å². The minimum absolute atomic E-state index is 0.727. The van der Waals surface area contributed by atoms with Gasteiger partial charge in [-0.15, -0.1) is 0 Å². The van der Waals surface area contributed by atoms with Gasteiger partial charge in [-0.1, -0.05) is 27.4 Å². The molecule has 0 radical (unpaired) electrons. The Labute approximate surface area is 144 Å². The molecule has 0 fully saturated rings. The van der Waals surface area contributed by atoms with Crippen molar-refractivity contribution in [2.75, 3.05) is 40.1 Å². The van der Waals surface area contributed by atoms with Gasteiger partial charge in [-0.2, -0.15) is 0 Å². The van der Waals surface area contributed by atoms with Crippen molar-refractivity contribution in [1.29, 1.82) is 0 Å². The summed E-state index contributed by atoms with van der Waals surface area (Å²) in [5.74, 6) is 4.03. The number of aliphatic imine (C=N–C) groups is 1. The van der Waals surface area contributed by atoms with Crippen LogP contribution in [0.25, 0.3) is 0 Å². The van der Waals surface area contributed by atoms with E-state index in [-0.39, 0.29) is 0 Å². The number of halogens is 1. The van der Waals surface area contributed by atoms with Crippen LogP contribution in [0.15, 0.2) is 28.4 Å². The van der Waals surface area contributed by atoms with Crippen LogP contribution in [0.4, 0.5) is 0 Å². The molecule has 0 aliphatic rings. The minimum atomic E-state index is 0.727. The van der Waals surface area contributed by atoms with Gasteiger partial charge in [0, 0.05) is 58.7 Å². The first-order valence-electron chi connectivity index (χ1n) is 7.32. The van der Waals surface area contributed by atoms with E-state index in [0.717, 1.165) is 29.7 Å². The number of nitrogens with zero attached hydrogens (tertiary/aromatic N) is 4. The van der Waals surface area contributed by atoms with Gasteiger partial charge >= 0.3 is 0 Å². The first-order valence-corrected chi connectivity index (χ1v) is 8.45. The fraction of sp³-hybridized carbons (Fsp3) is 0.588. The Morgan fingerprint density at radius 2 is 1.77 bits per heavy atom. The SMILES string of the molecule is CC(C)=C/C(=N\C=C(/C)CC#CN(C)C)N(C)N(C)CCBr. The first-order chi connectivity index (χ1) is 10.3. The first kappa shape index (κ1) is 20.8. The molecule has 0 aliphatic heterocycles. The van der Waals surface area contributed by atoms with E-state index in [1.165, 1.54) is 5.57 Å². The summed E-state index contributed by atoms with van der Waals surface area (Å²) in [6.07, 6.45) is 4.71. The predicted octanol–water partition coefficient (Wildman–Crippen LogP) is 3.34. The molecule has 0 amide bonds. The van der Waals surface area contributed by atoms with E-state index in [1.54, 1.807) is 0 Å². The van der Waals surface area contributed by atoms with Crippen molar-refractivity contribution in [1.82, 2.24) is 14.9 Å². The fourth-order valence-corrected chi connectivity index (χ4v) is 1.99. The summed E-state index contributed by atoms with van der Waals surface area (Å²) in [4.78, 5) is 6.49. The minimum Gasteiger partial charge on any atom is -0.339 e. The van der Waals surface area contributed by atoms with Crippen molar-refractivity contribution >= 4 is 21.8 Å². The summed E-state index contributed by atoms with van der Waals surface area (Å²) in [6, 6.07) is 3.01. The molecule has 0 saturated carbocycles. The van der Waals surface area contributed by atoms with Crippen LogP contribution >= 0.6 is 15.9 Å². The van der Waals surface area contributed by atoms with Crippen molar-refractivity contribution in [2.24, 2.45) is 4.99 Å². The van der Waals surface area contributed by atoms with Crippen LogP contribution in [0, 0.1) is 12.0 Å². The zero-order chi connectivity index (χ0) is 17.1. The van der Waals surface area contributed by atoms with E-state index in [9.17, 15) is 0 Å². The second kappa shape index (κ2) is 11.3. The second-order valence-corrected chi connectivity index (χ2v) is 6.43. The van der Waals surface area contributed by atoms with E-state index < -0.39 is 0 Å². The monoisotopic (exact) mass is 368 g/mol. The molecule has 0 bridgehead atoms. The molecular weight excluding hydrogens is 340 g/mol. The molecule has 4 nitrogen and oxygen atoms in total. The number of allylic oxidation sites excluding steroid dienone is 2. The zero-order valence-electron chi connectivity index (χ0n) is 14.9. The summed E-state index contributed by atoms with van der Waals surface area (Å²) in [7, 11) is 7.95. The van der Waals surface area contributed by atoms with Crippen molar-refractivity contribution in [2.45, 2.75) is 27.2 Å². The number of hydrogen-bond donors (Lipinski definition) is 0. The molecule has 0 N–H and O–H groups in total. The van der Waals surface area contributed by atoms with Crippen molar-refractivity contribution in [3.8, 4) is 12.0 Å². The number of hydrazine groups is 1. The van der Waals surface area contributed by atoms with Crippen molar-refractivity contribution in [3.63, 3.8) is 0 Å². The topological polar surface area (TPSA) is 22.1 Å². The number of amidine groups is 1. The normalized spacial score (nSPS) is 11.9. The summed E-state index contributed by atoms with van der Waals surface area (Å²) >= 11 is 3.47. The van der Waals surface area contributed by atoms with Crippen LogP contribution in [-0.2, 0) is 0 Å². The average molecular weight is 369 g/mol. The Kier molecular flexibility index (Phi) is 10.7. The van der Waals surface area contributed by atoms with Crippen LogP contribution < -0.4 is 0 Å². The molecule has 0 heterocycles. The molecule has 0 aliphatic carbocycles. The highest BCUT2D eigenvalue weighted by atomic mass is 79.9. The number of likely N-dealkylation sites (N-methyl/N-ethyl adjacent to an activating group) is 1. The summed E-state index contributed by atoms with van der Waals surface area (Å²) in [5, 5.41) is 5.11. The molecule has 0 atom stereocenters. The third-order valence-corrected chi connectivity index (χ3v) is 3.11. The molecule has 0 spiro atoms. The second-order valence-electron chi connectivity index (χ2n) is 5.64. The van der Waals surface area contributed by atoms with Gasteiger partial charge in [0.2, 0.25) is 0 Å². The maximum absolute atomic E-state index is 4.63. The van der Waals surface area contributed by atoms with Crippen molar-refractivity contribution in [3.05, 3.63) is 23.4 Å². The maximum Gasteiger partial charge on any atom is 0.142 e. The molecule has 5 heteroatoms. The molecule has 0 aromatic rings. The van der Waals surface area contributed by atoms with E-state index in [4.69, 9.17) is 0 Å². The third kappa shape index (κ3) is 9.64. The summed E-state index contributed by atoms with van der Waals surface area (Å²) < 4.78 is 0. The zero-order valence-corrected chi connectivity index (χ0v) is 16.5. The van der Waals surface area contributed by atoms with Crippen LogP contribution in [0.2, 0.25) is 0 Å². The van der Waals surface area contributed by atoms with Gasteiger partial charge in [0.1, 0.15) is 5.84 Å². The van der Waals surface area contributed by atoms with Gasteiger partial charge in [-0.3, -0.25) is 5.01 Å². The molecule has 0 saturated heterocycles. The molecular formula is C17H29BrN4. The lowest BCUT2D eigenvalue weighted by Crippen LogP contribution is -2.41. The number of alkyl halides is 1. The van der Waals surface area contributed by atoms with Crippen LogP contribution in [0.3, 0.4) is 0 Å². The molecule has 0 rings (SSSR count). The van der Waals surface area contributed by atoms with E-state index in [2.05, 4.69) is 76.8 Å². The lowest BCUT2D eigenvalue weighted by molar-refractivity contribution is 0.116. The smallest absolute Gasteiger partial charge is 0.142 e. The van der Waals surface area contributed by atoms with Crippen LogP contribution in [-0.4, -0.2) is 60.8 Å². The largest absolute Gasteiger partial charge is 0.339 e. The maximum atomic E-state index is 4.63. The van der Waals surface area contributed by atoms with Gasteiger partial charge in [0.15, 0.2) is 0 Å². The van der Waals surface area contributed by atoms with E-state index >= 15 is 0 Å². The fourth-order valence-electron chi connectivity index (χ4n) is 1.48. The molecule has 0 aromatic carbocycles. The third-order valence-electron chi connectivity index (χ3n) is 2.76. The number of hydrogen-bond acceptors (Lipinski definition) is 3. The summed E-state index contributed by atoms with van der Waals surface area (Å²) in [6.45, 7) is 7.12. The van der Waals surface area contributed by atoms with E-state index in [0.29, 0.717) is 0 Å². The number of rotatable bonds is 6.